The average molecular weight is 398 g/mol. The summed E-state index contributed by atoms with van der Waals surface area (Å²) in [6, 6.07) is 0. The van der Waals surface area contributed by atoms with Crippen LogP contribution in [0.5, 0.6) is 0 Å². The van der Waals surface area contributed by atoms with E-state index in [1.807, 2.05) is 7.05 Å². The van der Waals surface area contributed by atoms with Crippen LogP contribution in [0.4, 0.5) is 4.79 Å². The lowest BCUT2D eigenvalue weighted by Crippen LogP contribution is -2.22. The molecule has 1 fully saturated rings. The molecule has 0 radical (unpaired) electrons. The Balaban J connectivity index is 1.71. The van der Waals surface area contributed by atoms with E-state index in [0.29, 0.717) is 6.61 Å². The van der Waals surface area contributed by atoms with Gasteiger partial charge < -0.3 is 14.4 Å². The minimum absolute atomic E-state index is 0.0169. The molecule has 0 aliphatic carbocycles. The van der Waals surface area contributed by atoms with Crippen molar-refractivity contribution < 1.29 is 14.3 Å². The smallest absolute Gasteiger partial charge is 0.434 e. The molecule has 4 nitrogen and oxygen atoms in total. The third-order valence-electron chi connectivity index (χ3n) is 5.83. The normalized spacial score (nSPS) is 17.1. The first-order valence-electron chi connectivity index (χ1n) is 12.2. The zero-order valence-electron chi connectivity index (χ0n) is 18.9. The van der Waals surface area contributed by atoms with Crippen LogP contribution in [0.2, 0.25) is 0 Å². The van der Waals surface area contributed by atoms with Crippen LogP contribution in [0, 0.1) is 0 Å². The number of carbonyl (C=O) groups excluding carboxylic acids is 1. The molecule has 1 aliphatic rings. The number of hydrogen-bond acceptors (Lipinski definition) is 4. The topological polar surface area (TPSA) is 38.8 Å². The molecule has 4 heteroatoms. The average Bonchev–Trinajstić information content (AvgIpc) is 3.08. The fraction of sp³-hybridized carbons (Fsp3) is 0.958. The van der Waals surface area contributed by atoms with Gasteiger partial charge in [0.15, 0.2) is 0 Å². The van der Waals surface area contributed by atoms with Gasteiger partial charge in [-0.05, 0) is 19.9 Å². The molecule has 1 atom stereocenters. The first-order valence-corrected chi connectivity index (χ1v) is 12.2. The van der Waals surface area contributed by atoms with Gasteiger partial charge in [-0.15, -0.1) is 0 Å². The zero-order valence-corrected chi connectivity index (χ0v) is 18.9. The second-order valence-corrected chi connectivity index (χ2v) is 8.69. The van der Waals surface area contributed by atoms with E-state index in [1.54, 1.807) is 0 Å². The number of likely N-dealkylation sites (tertiary alicyclic amines) is 1. The maximum Gasteiger partial charge on any atom is 0.508 e. The maximum absolute atomic E-state index is 11.6. The van der Waals surface area contributed by atoms with Gasteiger partial charge in [0.25, 0.3) is 0 Å². The van der Waals surface area contributed by atoms with Crippen LogP contribution >= 0.6 is 0 Å². The highest BCUT2D eigenvalue weighted by Crippen LogP contribution is 2.14. The largest absolute Gasteiger partial charge is 0.508 e. The molecule has 0 spiro atoms. The van der Waals surface area contributed by atoms with Crippen molar-refractivity contribution in [2.45, 2.75) is 122 Å². The van der Waals surface area contributed by atoms with Crippen LogP contribution in [0.3, 0.4) is 0 Å². The Morgan fingerprint density at radius 3 is 1.68 bits per heavy atom. The Bertz CT molecular complexity index is 362. The molecule has 0 N–H and O–H groups in total. The number of nitrogens with zero attached hydrogens (tertiary/aromatic N) is 1. The number of hydrogen-bond donors (Lipinski definition) is 0. The maximum atomic E-state index is 11.6. The van der Waals surface area contributed by atoms with Crippen molar-refractivity contribution in [2.24, 2.45) is 0 Å². The fourth-order valence-corrected chi connectivity index (χ4v) is 3.97. The van der Waals surface area contributed by atoms with Crippen LogP contribution in [0.15, 0.2) is 0 Å². The molecule has 1 rings (SSSR count). The van der Waals surface area contributed by atoms with Gasteiger partial charge in [0, 0.05) is 13.1 Å². The highest BCUT2D eigenvalue weighted by atomic mass is 16.7. The van der Waals surface area contributed by atoms with Gasteiger partial charge in [-0.2, -0.15) is 0 Å². The molecule has 0 bridgehead atoms. The van der Waals surface area contributed by atoms with E-state index < -0.39 is 6.16 Å². The Kier molecular flexibility index (Phi) is 16.5. The molecule has 0 aromatic heterocycles. The summed E-state index contributed by atoms with van der Waals surface area (Å²) in [5.74, 6) is 0. The number of likely N-dealkylation sites (N-methyl/N-ethyl adjacent to an activating group) is 1. The minimum Gasteiger partial charge on any atom is -0.434 e. The monoisotopic (exact) mass is 397 g/mol. The summed E-state index contributed by atoms with van der Waals surface area (Å²) < 4.78 is 10.5. The van der Waals surface area contributed by atoms with Crippen molar-refractivity contribution in [1.82, 2.24) is 4.90 Å². The summed E-state index contributed by atoms with van der Waals surface area (Å²) in [4.78, 5) is 13.8. The van der Waals surface area contributed by atoms with Crippen LogP contribution in [0.25, 0.3) is 0 Å². The van der Waals surface area contributed by atoms with Gasteiger partial charge in [-0.1, -0.05) is 103 Å². The first-order chi connectivity index (χ1) is 13.7. The Morgan fingerprint density at radius 1 is 0.786 bits per heavy atom. The summed E-state index contributed by atoms with van der Waals surface area (Å²) in [7, 11) is 2.05. The predicted molar refractivity (Wildman–Crippen MR) is 118 cm³/mol. The Morgan fingerprint density at radius 2 is 1.25 bits per heavy atom. The van der Waals surface area contributed by atoms with Crippen molar-refractivity contribution in [2.75, 3.05) is 26.7 Å². The lowest BCUT2D eigenvalue weighted by molar-refractivity contribution is 0.0262. The molecule has 0 aromatic carbocycles. The third kappa shape index (κ3) is 15.2. The van der Waals surface area contributed by atoms with E-state index in [4.69, 9.17) is 9.47 Å². The summed E-state index contributed by atoms with van der Waals surface area (Å²) in [6.07, 6.45) is 22.1. The lowest BCUT2D eigenvalue weighted by atomic mass is 10.0. The van der Waals surface area contributed by atoms with E-state index in [-0.39, 0.29) is 6.10 Å². The standard InChI is InChI=1S/C24H47NO3/c1-3-4-5-6-7-8-9-10-11-12-13-14-15-16-17-18-21-27-24(26)28-23-19-20-25(2)22-23/h23H,3-22H2,1-2H3. The van der Waals surface area contributed by atoms with Gasteiger partial charge in [0.1, 0.15) is 6.10 Å². The zero-order chi connectivity index (χ0) is 20.3. The summed E-state index contributed by atoms with van der Waals surface area (Å²) >= 11 is 0. The van der Waals surface area contributed by atoms with E-state index in [1.165, 1.54) is 89.9 Å². The van der Waals surface area contributed by atoms with Gasteiger partial charge in [0.2, 0.25) is 0 Å². The number of rotatable bonds is 18. The molecule has 28 heavy (non-hydrogen) atoms. The molecular weight excluding hydrogens is 350 g/mol. The van der Waals surface area contributed by atoms with E-state index in [0.717, 1.165) is 32.4 Å². The molecule has 0 saturated carbocycles. The fourth-order valence-electron chi connectivity index (χ4n) is 3.97. The number of ether oxygens (including phenoxy) is 2. The summed E-state index contributed by atoms with van der Waals surface area (Å²) in [5.41, 5.74) is 0. The van der Waals surface area contributed by atoms with Crippen molar-refractivity contribution in [3.63, 3.8) is 0 Å². The lowest BCUT2D eigenvalue weighted by Gasteiger charge is -2.12. The molecular formula is C24H47NO3. The minimum atomic E-state index is -0.485. The quantitative estimate of drug-likeness (QED) is 0.182. The van der Waals surface area contributed by atoms with Crippen molar-refractivity contribution >= 4 is 6.16 Å². The third-order valence-corrected chi connectivity index (χ3v) is 5.83. The Labute approximate surface area is 174 Å². The molecule has 1 aliphatic heterocycles. The predicted octanol–water partition coefficient (Wildman–Crippen LogP) is 7.11. The Hall–Kier alpha value is -0.770. The van der Waals surface area contributed by atoms with Crippen molar-refractivity contribution in [1.29, 1.82) is 0 Å². The van der Waals surface area contributed by atoms with Crippen LogP contribution in [-0.2, 0) is 9.47 Å². The number of unbranched alkanes of at least 4 members (excludes halogenated alkanes) is 15. The second-order valence-electron chi connectivity index (χ2n) is 8.69. The van der Waals surface area contributed by atoms with Crippen molar-refractivity contribution in [3.8, 4) is 0 Å². The van der Waals surface area contributed by atoms with Crippen LogP contribution < -0.4 is 0 Å². The second kappa shape index (κ2) is 18.3. The van der Waals surface area contributed by atoms with E-state index >= 15 is 0 Å². The van der Waals surface area contributed by atoms with Gasteiger partial charge >= 0.3 is 6.16 Å². The van der Waals surface area contributed by atoms with Crippen LogP contribution in [0.1, 0.15) is 116 Å². The highest BCUT2D eigenvalue weighted by molar-refractivity contribution is 5.60. The molecule has 166 valence electrons. The summed E-state index contributed by atoms with van der Waals surface area (Å²) in [6.45, 7) is 4.61. The van der Waals surface area contributed by atoms with E-state index in [2.05, 4.69) is 11.8 Å². The molecule has 1 heterocycles. The highest BCUT2D eigenvalue weighted by Gasteiger charge is 2.23. The SMILES string of the molecule is CCCCCCCCCCCCCCCCCCOC(=O)OC1CCN(C)C1. The molecule has 1 unspecified atom stereocenters. The van der Waals surface area contributed by atoms with Gasteiger partial charge in [-0.25, -0.2) is 4.79 Å². The molecule has 0 aromatic rings. The molecule has 1 saturated heterocycles. The van der Waals surface area contributed by atoms with Crippen LogP contribution in [-0.4, -0.2) is 43.9 Å². The number of carbonyl (C=O) groups is 1. The first kappa shape index (κ1) is 25.3. The molecule has 0 amide bonds. The van der Waals surface area contributed by atoms with Gasteiger partial charge in [0.05, 0.1) is 6.61 Å². The summed E-state index contributed by atoms with van der Waals surface area (Å²) in [5, 5.41) is 0. The van der Waals surface area contributed by atoms with Gasteiger partial charge in [-0.3, -0.25) is 0 Å². The van der Waals surface area contributed by atoms with Crippen molar-refractivity contribution in [3.05, 3.63) is 0 Å². The van der Waals surface area contributed by atoms with E-state index in [9.17, 15) is 4.79 Å².